The van der Waals surface area contributed by atoms with Gasteiger partial charge in [-0.05, 0) is 19.1 Å². The number of aromatic nitrogens is 3. The molecule has 1 aliphatic heterocycles. The first-order valence-electron chi connectivity index (χ1n) is 7.54. The Bertz CT molecular complexity index is 1040. The summed E-state index contributed by atoms with van der Waals surface area (Å²) < 4.78 is 7.83. The molecule has 0 fully saturated rings. The zero-order valence-corrected chi connectivity index (χ0v) is 13.3. The lowest BCUT2D eigenvalue weighted by atomic mass is 9.86. The number of nitrogens with two attached hydrogens (primary N) is 1. The van der Waals surface area contributed by atoms with Crippen LogP contribution in [0.2, 0.25) is 0 Å². The van der Waals surface area contributed by atoms with E-state index < -0.39 is 0 Å². The van der Waals surface area contributed by atoms with Gasteiger partial charge in [0.1, 0.15) is 17.4 Å². The number of allylic oxidation sites excluding steroid dienone is 1. The highest BCUT2D eigenvalue weighted by Gasteiger charge is 2.33. The third kappa shape index (κ3) is 1.95. The lowest BCUT2D eigenvalue weighted by Crippen LogP contribution is -2.22. The maximum absolute atomic E-state index is 9.59. The van der Waals surface area contributed by atoms with E-state index in [2.05, 4.69) is 16.0 Å². The Hall–Kier alpha value is -3.33. The monoisotopic (exact) mass is 317 g/mol. The smallest absolute Gasteiger partial charge is 0.205 e. The van der Waals surface area contributed by atoms with Crippen LogP contribution in [0.4, 0.5) is 0 Å². The zero-order chi connectivity index (χ0) is 16.8. The lowest BCUT2D eigenvalue weighted by Gasteiger charge is -2.26. The van der Waals surface area contributed by atoms with Gasteiger partial charge in [0.05, 0.1) is 22.8 Å². The van der Waals surface area contributed by atoms with Gasteiger partial charge < -0.3 is 15.0 Å². The standard InChI is InChI=1S/C18H15N5O/c1-10-8-21-9-14(22-10)16-12-3-4-15-11(5-6-23(15)2)17(12)24-18(20)13(16)7-19/h3-6,8-9,16H,20H2,1-2H3. The van der Waals surface area contributed by atoms with Crippen LogP contribution in [-0.2, 0) is 7.05 Å². The van der Waals surface area contributed by atoms with Crippen LogP contribution in [0.5, 0.6) is 5.75 Å². The molecule has 0 amide bonds. The average Bonchev–Trinajstić information content (AvgIpc) is 2.95. The van der Waals surface area contributed by atoms with Gasteiger partial charge in [0.25, 0.3) is 0 Å². The van der Waals surface area contributed by atoms with Crippen molar-refractivity contribution in [2.24, 2.45) is 12.8 Å². The van der Waals surface area contributed by atoms with Gasteiger partial charge in [-0.2, -0.15) is 5.26 Å². The van der Waals surface area contributed by atoms with Gasteiger partial charge in [-0.25, -0.2) is 0 Å². The molecule has 6 nitrogen and oxygen atoms in total. The molecule has 4 rings (SSSR count). The number of fused-ring (bicyclic) bond motifs is 3. The van der Waals surface area contributed by atoms with E-state index in [1.54, 1.807) is 12.4 Å². The number of rotatable bonds is 1. The molecule has 118 valence electrons. The number of aryl methyl sites for hydroxylation is 2. The molecule has 6 heteroatoms. The molecule has 0 spiro atoms. The van der Waals surface area contributed by atoms with Crippen LogP contribution in [0.15, 0.2) is 48.2 Å². The van der Waals surface area contributed by atoms with Gasteiger partial charge in [0.15, 0.2) is 0 Å². The third-order valence-corrected chi connectivity index (χ3v) is 4.32. The van der Waals surface area contributed by atoms with E-state index in [1.165, 1.54) is 0 Å². The van der Waals surface area contributed by atoms with Crippen molar-refractivity contribution in [2.75, 3.05) is 0 Å². The summed E-state index contributed by atoms with van der Waals surface area (Å²) in [6.45, 7) is 1.87. The molecule has 2 aromatic heterocycles. The van der Waals surface area contributed by atoms with Gasteiger partial charge in [-0.1, -0.05) is 6.07 Å². The first-order valence-corrected chi connectivity index (χ1v) is 7.54. The summed E-state index contributed by atoms with van der Waals surface area (Å²) in [4.78, 5) is 8.76. The molecular formula is C18H15N5O. The van der Waals surface area contributed by atoms with Gasteiger partial charge in [0, 0.05) is 36.6 Å². The SMILES string of the molecule is Cc1cncc(C2C(C#N)=C(N)Oc3c2ccc2c3ccn2C)n1. The molecule has 0 aliphatic carbocycles. The number of hydrogen-bond donors (Lipinski definition) is 1. The second-order valence-electron chi connectivity index (χ2n) is 5.85. The van der Waals surface area contributed by atoms with Crippen molar-refractivity contribution in [3.63, 3.8) is 0 Å². The Morgan fingerprint density at radius 2 is 2.12 bits per heavy atom. The first-order chi connectivity index (χ1) is 11.6. The van der Waals surface area contributed by atoms with Crippen LogP contribution >= 0.6 is 0 Å². The molecule has 1 aromatic carbocycles. The van der Waals surface area contributed by atoms with Crippen molar-refractivity contribution in [1.82, 2.24) is 14.5 Å². The predicted molar refractivity (Wildman–Crippen MR) is 89.0 cm³/mol. The van der Waals surface area contributed by atoms with Crippen LogP contribution in [0, 0.1) is 18.3 Å². The molecule has 3 heterocycles. The molecule has 3 aromatic rings. The largest absolute Gasteiger partial charge is 0.439 e. The molecular weight excluding hydrogens is 302 g/mol. The van der Waals surface area contributed by atoms with Crippen LogP contribution in [0.1, 0.15) is 22.9 Å². The van der Waals surface area contributed by atoms with Crippen molar-refractivity contribution in [3.05, 3.63) is 65.2 Å². The van der Waals surface area contributed by atoms with Crippen LogP contribution in [-0.4, -0.2) is 14.5 Å². The van der Waals surface area contributed by atoms with Gasteiger partial charge in [-0.3, -0.25) is 9.97 Å². The highest BCUT2D eigenvalue weighted by atomic mass is 16.5. The minimum Gasteiger partial charge on any atom is -0.439 e. The molecule has 0 radical (unpaired) electrons. The fourth-order valence-electron chi connectivity index (χ4n) is 3.19. The quantitative estimate of drug-likeness (QED) is 0.744. The van der Waals surface area contributed by atoms with E-state index >= 15 is 0 Å². The summed E-state index contributed by atoms with van der Waals surface area (Å²) in [5.41, 5.74) is 9.80. The van der Waals surface area contributed by atoms with Crippen molar-refractivity contribution < 1.29 is 4.74 Å². The summed E-state index contributed by atoms with van der Waals surface area (Å²) in [5, 5.41) is 10.5. The summed E-state index contributed by atoms with van der Waals surface area (Å²) in [6.07, 6.45) is 5.32. The van der Waals surface area contributed by atoms with Gasteiger partial charge in [-0.15, -0.1) is 0 Å². The van der Waals surface area contributed by atoms with Crippen molar-refractivity contribution in [1.29, 1.82) is 5.26 Å². The minimum absolute atomic E-state index is 0.120. The number of nitrogens with zero attached hydrogens (tertiary/aromatic N) is 4. The average molecular weight is 317 g/mol. The first kappa shape index (κ1) is 14.3. The Labute approximate surface area is 138 Å². The van der Waals surface area contributed by atoms with Gasteiger partial charge in [0.2, 0.25) is 5.88 Å². The molecule has 2 N–H and O–H groups in total. The number of ether oxygens (including phenoxy) is 1. The molecule has 24 heavy (non-hydrogen) atoms. The highest BCUT2D eigenvalue weighted by molar-refractivity contribution is 5.89. The molecule has 1 atom stereocenters. The Balaban J connectivity index is 2.02. The van der Waals surface area contributed by atoms with E-state index in [1.807, 2.05) is 42.9 Å². The van der Waals surface area contributed by atoms with E-state index in [9.17, 15) is 5.26 Å². The number of nitriles is 1. The maximum Gasteiger partial charge on any atom is 0.205 e. The second kappa shape index (κ2) is 5.10. The van der Waals surface area contributed by atoms with E-state index in [0.717, 1.165) is 22.2 Å². The fourth-order valence-corrected chi connectivity index (χ4v) is 3.19. The fraction of sp³-hybridized carbons (Fsp3) is 0.167. The summed E-state index contributed by atoms with van der Waals surface area (Å²) in [7, 11) is 1.97. The van der Waals surface area contributed by atoms with E-state index in [4.69, 9.17) is 10.5 Å². The molecule has 1 unspecified atom stereocenters. The number of hydrogen-bond acceptors (Lipinski definition) is 5. The van der Waals surface area contributed by atoms with Crippen LogP contribution in [0.25, 0.3) is 10.9 Å². The summed E-state index contributed by atoms with van der Waals surface area (Å²) in [5.74, 6) is 0.420. The topological polar surface area (TPSA) is 89.8 Å². The normalized spacial score (nSPS) is 16.6. The molecule has 0 saturated carbocycles. The van der Waals surface area contributed by atoms with E-state index in [0.29, 0.717) is 17.0 Å². The Kier molecular flexibility index (Phi) is 3.03. The van der Waals surface area contributed by atoms with Crippen LogP contribution < -0.4 is 10.5 Å². The molecule has 1 aliphatic rings. The van der Waals surface area contributed by atoms with Crippen molar-refractivity contribution in [2.45, 2.75) is 12.8 Å². The second-order valence-corrected chi connectivity index (χ2v) is 5.85. The van der Waals surface area contributed by atoms with Crippen molar-refractivity contribution in [3.8, 4) is 11.8 Å². The van der Waals surface area contributed by atoms with Crippen LogP contribution in [0.3, 0.4) is 0 Å². The minimum atomic E-state index is -0.379. The Morgan fingerprint density at radius 3 is 2.88 bits per heavy atom. The molecule has 0 bridgehead atoms. The predicted octanol–water partition coefficient (Wildman–Crippen LogP) is 2.49. The summed E-state index contributed by atoms with van der Waals surface area (Å²) in [6, 6.07) is 8.14. The zero-order valence-electron chi connectivity index (χ0n) is 13.3. The molecule has 0 saturated heterocycles. The third-order valence-electron chi connectivity index (χ3n) is 4.32. The lowest BCUT2D eigenvalue weighted by molar-refractivity contribution is 0.397. The maximum atomic E-state index is 9.59. The summed E-state index contributed by atoms with van der Waals surface area (Å²) >= 11 is 0. The highest BCUT2D eigenvalue weighted by Crippen LogP contribution is 2.44. The van der Waals surface area contributed by atoms with Crippen molar-refractivity contribution >= 4 is 10.9 Å². The van der Waals surface area contributed by atoms with E-state index in [-0.39, 0.29) is 11.8 Å². The van der Waals surface area contributed by atoms with Gasteiger partial charge >= 0.3 is 0 Å². The number of benzene rings is 1. The Morgan fingerprint density at radius 1 is 1.29 bits per heavy atom.